The highest BCUT2D eigenvalue weighted by molar-refractivity contribution is 6.02. The molecular weight excluding hydrogens is 369 g/mol. The molecule has 1 fully saturated rings. The van der Waals surface area contributed by atoms with Crippen molar-refractivity contribution in [1.29, 1.82) is 0 Å². The Hall–Kier alpha value is -2.83. The molecule has 0 aromatic heterocycles. The van der Waals surface area contributed by atoms with Crippen LogP contribution >= 0.6 is 0 Å². The number of amides is 2. The van der Waals surface area contributed by atoms with E-state index in [-0.39, 0.29) is 11.5 Å². The van der Waals surface area contributed by atoms with E-state index in [9.17, 15) is 22.8 Å². The van der Waals surface area contributed by atoms with Crippen LogP contribution in [0.5, 0.6) is 0 Å². The largest absolute Gasteiger partial charge is 0.416 e. The van der Waals surface area contributed by atoms with Gasteiger partial charge in [-0.1, -0.05) is 24.3 Å². The molecule has 1 aliphatic carbocycles. The quantitative estimate of drug-likeness (QED) is 0.867. The van der Waals surface area contributed by atoms with Gasteiger partial charge < -0.3 is 10.6 Å². The van der Waals surface area contributed by atoms with Crippen LogP contribution in [0.15, 0.2) is 42.5 Å². The number of nitrogens with two attached hydrogens (primary N) is 1. The third-order valence-corrected chi connectivity index (χ3v) is 5.56. The van der Waals surface area contributed by atoms with Crippen LogP contribution in [0, 0.1) is 5.92 Å². The van der Waals surface area contributed by atoms with E-state index in [0.29, 0.717) is 37.1 Å². The fourth-order valence-electron chi connectivity index (χ4n) is 4.17. The minimum Gasteiger partial charge on any atom is -0.366 e. The van der Waals surface area contributed by atoms with Crippen LogP contribution < -0.4 is 10.6 Å². The van der Waals surface area contributed by atoms with Crippen LogP contribution in [-0.4, -0.2) is 18.4 Å². The molecule has 1 saturated carbocycles. The van der Waals surface area contributed by atoms with E-state index in [1.807, 2.05) is 0 Å². The fourth-order valence-corrected chi connectivity index (χ4v) is 4.17. The molecule has 0 spiro atoms. The number of hydrogen-bond acceptors (Lipinski definition) is 2. The molecular formula is C21H19F3N2O2. The third kappa shape index (κ3) is 3.15. The summed E-state index contributed by atoms with van der Waals surface area (Å²) in [6.07, 6.45) is -2.73. The molecule has 4 nitrogen and oxygen atoms in total. The summed E-state index contributed by atoms with van der Waals surface area (Å²) < 4.78 is 39.9. The van der Waals surface area contributed by atoms with Crippen molar-refractivity contribution in [3.05, 3.63) is 64.7 Å². The van der Waals surface area contributed by atoms with Gasteiger partial charge in [0.15, 0.2) is 0 Å². The van der Waals surface area contributed by atoms with E-state index in [1.165, 1.54) is 12.1 Å². The van der Waals surface area contributed by atoms with Gasteiger partial charge in [-0.2, -0.15) is 13.2 Å². The summed E-state index contributed by atoms with van der Waals surface area (Å²) in [7, 11) is 0. The van der Waals surface area contributed by atoms with Crippen molar-refractivity contribution in [3.63, 3.8) is 0 Å². The van der Waals surface area contributed by atoms with Gasteiger partial charge in [-0.15, -0.1) is 0 Å². The number of carbonyl (C=O) groups is 2. The summed E-state index contributed by atoms with van der Waals surface area (Å²) in [5, 5.41) is 0. The van der Waals surface area contributed by atoms with Crippen molar-refractivity contribution in [2.75, 3.05) is 11.4 Å². The first-order valence-corrected chi connectivity index (χ1v) is 9.18. The third-order valence-electron chi connectivity index (χ3n) is 5.56. The van der Waals surface area contributed by atoms with Gasteiger partial charge in [0.05, 0.1) is 5.56 Å². The number of alkyl halides is 3. The lowest BCUT2D eigenvalue weighted by Crippen LogP contribution is -2.37. The topological polar surface area (TPSA) is 63.4 Å². The molecule has 2 aliphatic rings. The standard InChI is InChI=1S/C21H19F3N2O2/c22-21(23,24)17-8-2-1-5-12(17)15-11-16(15)20(28)26-10-4-7-13-14(19(25)27)6-3-9-18(13)26/h1-3,5-6,8-9,15-16H,4,7,10-11H2,(H2,25,27)/t15-,16-/m0/s1. The summed E-state index contributed by atoms with van der Waals surface area (Å²) in [5.74, 6) is -1.65. The molecule has 0 radical (unpaired) electrons. The molecule has 7 heteroatoms. The highest BCUT2D eigenvalue weighted by Crippen LogP contribution is 2.52. The van der Waals surface area contributed by atoms with Crippen LogP contribution in [0.4, 0.5) is 18.9 Å². The molecule has 2 aromatic rings. The monoisotopic (exact) mass is 388 g/mol. The van der Waals surface area contributed by atoms with E-state index in [2.05, 4.69) is 0 Å². The molecule has 0 unspecified atom stereocenters. The van der Waals surface area contributed by atoms with Gasteiger partial charge in [0.2, 0.25) is 11.8 Å². The molecule has 28 heavy (non-hydrogen) atoms. The molecule has 0 bridgehead atoms. The van der Waals surface area contributed by atoms with E-state index in [1.54, 1.807) is 29.2 Å². The second-order valence-corrected chi connectivity index (χ2v) is 7.29. The zero-order chi connectivity index (χ0) is 20.1. The molecule has 2 aromatic carbocycles. The molecule has 4 rings (SSSR count). The maximum Gasteiger partial charge on any atom is 0.416 e. The van der Waals surface area contributed by atoms with E-state index in [0.717, 1.165) is 11.6 Å². The van der Waals surface area contributed by atoms with Crippen molar-refractivity contribution < 1.29 is 22.8 Å². The lowest BCUT2D eigenvalue weighted by molar-refractivity contribution is -0.138. The zero-order valence-corrected chi connectivity index (χ0v) is 15.0. The second-order valence-electron chi connectivity index (χ2n) is 7.29. The van der Waals surface area contributed by atoms with E-state index < -0.39 is 29.5 Å². The Labute approximate surface area is 160 Å². The van der Waals surface area contributed by atoms with Crippen molar-refractivity contribution in [2.45, 2.75) is 31.4 Å². The van der Waals surface area contributed by atoms with Crippen LogP contribution in [0.3, 0.4) is 0 Å². The highest BCUT2D eigenvalue weighted by atomic mass is 19.4. The number of anilines is 1. The number of rotatable bonds is 3. The Bertz CT molecular complexity index is 955. The molecule has 2 N–H and O–H groups in total. The highest BCUT2D eigenvalue weighted by Gasteiger charge is 2.49. The number of carbonyl (C=O) groups excluding carboxylic acids is 2. The first kappa shape index (κ1) is 18.5. The molecule has 1 aliphatic heterocycles. The smallest absolute Gasteiger partial charge is 0.366 e. The van der Waals surface area contributed by atoms with Crippen molar-refractivity contribution in [3.8, 4) is 0 Å². The van der Waals surface area contributed by atoms with Gasteiger partial charge in [0, 0.05) is 23.7 Å². The van der Waals surface area contributed by atoms with Crippen LogP contribution in [0.1, 0.15) is 45.8 Å². The van der Waals surface area contributed by atoms with Crippen LogP contribution in [0.25, 0.3) is 0 Å². The van der Waals surface area contributed by atoms with E-state index in [4.69, 9.17) is 5.73 Å². The second kappa shape index (κ2) is 6.65. The van der Waals surface area contributed by atoms with Gasteiger partial charge in [0.25, 0.3) is 0 Å². The fraction of sp³-hybridized carbons (Fsp3) is 0.333. The van der Waals surface area contributed by atoms with E-state index >= 15 is 0 Å². The SMILES string of the molecule is NC(=O)c1cccc2c1CCCN2C(=O)[C@H]1C[C@H]1c1ccccc1C(F)(F)F. The van der Waals surface area contributed by atoms with Crippen LogP contribution in [-0.2, 0) is 17.4 Å². The zero-order valence-electron chi connectivity index (χ0n) is 15.0. The number of benzene rings is 2. The summed E-state index contributed by atoms with van der Waals surface area (Å²) in [4.78, 5) is 26.4. The molecule has 2 amide bonds. The predicted molar refractivity (Wildman–Crippen MR) is 97.9 cm³/mol. The predicted octanol–water partition coefficient (Wildman–Crippen LogP) is 3.89. The Balaban J connectivity index is 1.61. The van der Waals surface area contributed by atoms with Crippen molar-refractivity contribution >= 4 is 17.5 Å². The minimum atomic E-state index is -4.44. The normalized spacial score (nSPS) is 21.2. The Morgan fingerprint density at radius 1 is 1.07 bits per heavy atom. The maximum atomic E-state index is 13.3. The van der Waals surface area contributed by atoms with Gasteiger partial charge in [-0.05, 0) is 54.5 Å². The van der Waals surface area contributed by atoms with Crippen molar-refractivity contribution in [1.82, 2.24) is 0 Å². The minimum absolute atomic E-state index is 0.177. The van der Waals surface area contributed by atoms with Gasteiger partial charge in [-0.25, -0.2) is 0 Å². The molecule has 1 heterocycles. The first-order chi connectivity index (χ1) is 13.3. The number of halogens is 3. The maximum absolute atomic E-state index is 13.3. The van der Waals surface area contributed by atoms with Crippen molar-refractivity contribution in [2.24, 2.45) is 11.7 Å². The summed E-state index contributed by atoms with van der Waals surface area (Å²) >= 11 is 0. The lowest BCUT2D eigenvalue weighted by Gasteiger charge is -2.31. The first-order valence-electron chi connectivity index (χ1n) is 9.18. The summed E-state index contributed by atoms with van der Waals surface area (Å²) in [6, 6.07) is 10.5. The molecule has 146 valence electrons. The summed E-state index contributed by atoms with van der Waals surface area (Å²) in [6.45, 7) is 0.484. The van der Waals surface area contributed by atoms with Gasteiger partial charge in [0.1, 0.15) is 0 Å². The number of nitrogens with zero attached hydrogens (tertiary/aromatic N) is 1. The van der Waals surface area contributed by atoms with Gasteiger partial charge in [-0.3, -0.25) is 9.59 Å². The summed E-state index contributed by atoms with van der Waals surface area (Å²) in [5.41, 5.74) is 6.71. The van der Waals surface area contributed by atoms with Gasteiger partial charge >= 0.3 is 6.18 Å². The number of fused-ring (bicyclic) bond motifs is 1. The molecule has 2 atom stereocenters. The van der Waals surface area contributed by atoms with Crippen LogP contribution in [0.2, 0.25) is 0 Å². The lowest BCUT2D eigenvalue weighted by atomic mass is 9.95. The average molecular weight is 388 g/mol. The Morgan fingerprint density at radius 3 is 2.54 bits per heavy atom. The number of primary amides is 1. The number of hydrogen-bond donors (Lipinski definition) is 1. The Morgan fingerprint density at radius 2 is 1.82 bits per heavy atom. The Kier molecular flexibility index (Phi) is 4.40. The molecule has 0 saturated heterocycles. The average Bonchev–Trinajstić information content (AvgIpc) is 3.46.